The van der Waals surface area contributed by atoms with E-state index in [-0.39, 0.29) is 17.2 Å². The molecule has 5 aromatic rings. The van der Waals surface area contributed by atoms with Crippen LogP contribution >= 0.6 is 0 Å². The fourth-order valence-electron chi connectivity index (χ4n) is 6.31. The Labute approximate surface area is 266 Å². The van der Waals surface area contributed by atoms with Crippen molar-refractivity contribution in [2.75, 3.05) is 12.3 Å². The third-order valence-corrected chi connectivity index (χ3v) is 8.45. The van der Waals surface area contributed by atoms with Gasteiger partial charge in [-0.3, -0.25) is 4.98 Å². The fourth-order valence-corrected chi connectivity index (χ4v) is 6.31. The summed E-state index contributed by atoms with van der Waals surface area (Å²) in [5, 5.41) is 21.1. The highest BCUT2D eigenvalue weighted by molar-refractivity contribution is 6.01. The second-order valence-corrected chi connectivity index (χ2v) is 12.8. The number of carboxylic acid groups (broad SMARTS) is 1. The molecular formula is C36H37FN4O5. The minimum absolute atomic E-state index is 0.00561. The van der Waals surface area contributed by atoms with Crippen LogP contribution in [0.15, 0.2) is 48.7 Å². The molecule has 1 aliphatic rings. The number of carbonyl (C=O) groups is 1. The van der Waals surface area contributed by atoms with Crippen molar-refractivity contribution in [2.45, 2.75) is 59.2 Å². The molecule has 0 saturated heterocycles. The molecule has 2 aromatic carbocycles. The molecular weight excluding hydrogens is 587 g/mol. The number of halogens is 1. The molecule has 0 fully saturated rings. The van der Waals surface area contributed by atoms with Crippen molar-refractivity contribution in [1.29, 1.82) is 0 Å². The summed E-state index contributed by atoms with van der Waals surface area (Å²) in [6.07, 6.45) is 1.73. The lowest BCUT2D eigenvalue weighted by atomic mass is 9.86. The lowest BCUT2D eigenvalue weighted by Crippen LogP contribution is -2.28. The van der Waals surface area contributed by atoms with Gasteiger partial charge in [0, 0.05) is 52.1 Å². The number of phenolic OH excluding ortho intramolecular Hbond substituents is 1. The van der Waals surface area contributed by atoms with Crippen LogP contribution < -0.4 is 10.5 Å². The molecule has 0 spiro atoms. The number of ether oxygens (including phenoxy) is 2. The Morgan fingerprint density at radius 1 is 1.13 bits per heavy atom. The Morgan fingerprint density at radius 3 is 2.59 bits per heavy atom. The Balaban J connectivity index is 1.65. The second-order valence-electron chi connectivity index (χ2n) is 12.8. The Bertz CT molecular complexity index is 2030. The van der Waals surface area contributed by atoms with Crippen LogP contribution in [0, 0.1) is 19.7 Å². The highest BCUT2D eigenvalue weighted by atomic mass is 19.1. The summed E-state index contributed by atoms with van der Waals surface area (Å²) < 4.78 is 29.6. The molecule has 4 heterocycles. The zero-order valence-corrected chi connectivity index (χ0v) is 26.7. The van der Waals surface area contributed by atoms with Gasteiger partial charge in [-0.2, -0.15) is 0 Å². The van der Waals surface area contributed by atoms with E-state index in [0.717, 1.165) is 34.4 Å². The standard InChI is InChI=1S/C36H37FN4O5/c1-18-22-8-7-13-45-32(22)25(37)16-23(18)31-24-17-28(21-11-12-39-27(15-21)20-9-10-29(42)26(38)14-20)41(6)34(24)40-19(2)30(31)33(35(43)44)46-36(3,4)5/h9-12,14-17,33,42H,7-8,13,38H2,1-6H3,(H,43,44)/t33-/m0/s1. The van der Waals surface area contributed by atoms with Crippen LogP contribution in [0.3, 0.4) is 0 Å². The van der Waals surface area contributed by atoms with Gasteiger partial charge in [-0.1, -0.05) is 0 Å². The molecule has 238 valence electrons. The summed E-state index contributed by atoms with van der Waals surface area (Å²) in [5.74, 6) is -1.41. The number of aryl methyl sites for hydroxylation is 2. The van der Waals surface area contributed by atoms with Gasteiger partial charge in [-0.15, -0.1) is 0 Å². The normalized spacial score (nSPS) is 13.8. The molecule has 0 radical (unpaired) electrons. The highest BCUT2D eigenvalue weighted by Crippen LogP contribution is 2.45. The van der Waals surface area contributed by atoms with E-state index < -0.39 is 23.5 Å². The highest BCUT2D eigenvalue weighted by Gasteiger charge is 2.34. The van der Waals surface area contributed by atoms with E-state index in [1.807, 2.05) is 36.7 Å². The number of anilines is 1. The number of nitrogens with two attached hydrogens (primary N) is 1. The number of aliphatic carboxylic acids is 1. The minimum Gasteiger partial charge on any atom is -0.506 e. The number of aromatic hydroxyl groups is 1. The summed E-state index contributed by atoms with van der Waals surface area (Å²) in [5.41, 5.74) is 12.6. The van der Waals surface area contributed by atoms with Crippen molar-refractivity contribution in [3.8, 4) is 45.1 Å². The number of phenols is 1. The SMILES string of the molecule is Cc1nc2c(cc(-c3ccnc(-c4ccc(O)c(N)c4)c3)n2C)c(-c2cc(F)c3c(c2C)CCCO3)c1[C@H](OC(C)(C)C)C(=O)O. The number of rotatable bonds is 6. The molecule has 0 saturated carbocycles. The molecule has 46 heavy (non-hydrogen) atoms. The number of hydrogen-bond acceptors (Lipinski definition) is 7. The van der Waals surface area contributed by atoms with E-state index in [9.17, 15) is 15.0 Å². The maximum Gasteiger partial charge on any atom is 0.337 e. The van der Waals surface area contributed by atoms with Crippen LogP contribution in [0.2, 0.25) is 0 Å². The van der Waals surface area contributed by atoms with Gasteiger partial charge in [0.2, 0.25) is 0 Å². The molecule has 1 aliphatic heterocycles. The zero-order chi connectivity index (χ0) is 33.1. The number of benzene rings is 2. The second kappa shape index (κ2) is 11.4. The predicted octanol–water partition coefficient (Wildman–Crippen LogP) is 7.28. The van der Waals surface area contributed by atoms with Crippen LogP contribution in [-0.4, -0.2) is 42.9 Å². The fraction of sp³-hybridized carbons (Fsp3) is 0.306. The topological polar surface area (TPSA) is 133 Å². The molecule has 6 rings (SSSR count). The van der Waals surface area contributed by atoms with Crippen LogP contribution in [0.1, 0.15) is 55.7 Å². The van der Waals surface area contributed by atoms with Crippen molar-refractivity contribution in [1.82, 2.24) is 14.5 Å². The van der Waals surface area contributed by atoms with Gasteiger partial charge in [0.1, 0.15) is 11.4 Å². The zero-order valence-electron chi connectivity index (χ0n) is 26.7. The average Bonchev–Trinajstić information content (AvgIpc) is 3.33. The first kappa shape index (κ1) is 31.0. The molecule has 10 heteroatoms. The Morgan fingerprint density at radius 2 is 1.89 bits per heavy atom. The molecule has 0 bridgehead atoms. The molecule has 0 amide bonds. The number of nitrogen functional groups attached to an aromatic ring is 1. The van der Waals surface area contributed by atoms with Crippen LogP contribution in [0.25, 0.3) is 44.7 Å². The van der Waals surface area contributed by atoms with Gasteiger partial charge in [0.15, 0.2) is 17.7 Å². The number of pyridine rings is 2. The van der Waals surface area contributed by atoms with Crippen LogP contribution in [0.4, 0.5) is 10.1 Å². The smallest absolute Gasteiger partial charge is 0.337 e. The summed E-state index contributed by atoms with van der Waals surface area (Å²) >= 11 is 0. The van der Waals surface area contributed by atoms with E-state index in [4.69, 9.17) is 20.2 Å². The average molecular weight is 625 g/mol. The van der Waals surface area contributed by atoms with Crippen molar-refractivity contribution in [3.63, 3.8) is 0 Å². The Kier molecular flexibility index (Phi) is 7.72. The minimum atomic E-state index is -1.36. The molecule has 4 N–H and O–H groups in total. The van der Waals surface area contributed by atoms with Crippen LogP contribution in [-0.2, 0) is 23.0 Å². The quantitative estimate of drug-likeness (QED) is 0.133. The lowest BCUT2D eigenvalue weighted by Gasteiger charge is -2.29. The van der Waals surface area contributed by atoms with Gasteiger partial charge in [0.05, 0.1) is 29.3 Å². The van der Waals surface area contributed by atoms with Gasteiger partial charge >= 0.3 is 5.97 Å². The number of fused-ring (bicyclic) bond motifs is 2. The molecule has 9 nitrogen and oxygen atoms in total. The van der Waals surface area contributed by atoms with Gasteiger partial charge in [-0.25, -0.2) is 14.2 Å². The predicted molar refractivity (Wildman–Crippen MR) is 175 cm³/mol. The summed E-state index contributed by atoms with van der Waals surface area (Å²) in [6.45, 7) is 9.54. The van der Waals surface area contributed by atoms with Gasteiger partial charge in [-0.05, 0) is 101 Å². The maximum absolute atomic E-state index is 15.7. The van der Waals surface area contributed by atoms with Crippen molar-refractivity contribution in [3.05, 3.63) is 76.9 Å². The molecule has 3 aromatic heterocycles. The third kappa shape index (κ3) is 5.43. The molecule has 1 atom stereocenters. The largest absolute Gasteiger partial charge is 0.506 e. The van der Waals surface area contributed by atoms with E-state index in [2.05, 4.69) is 4.98 Å². The first-order valence-corrected chi connectivity index (χ1v) is 15.2. The van der Waals surface area contributed by atoms with Crippen molar-refractivity contribution >= 4 is 22.7 Å². The molecule has 0 unspecified atom stereocenters. The van der Waals surface area contributed by atoms with Gasteiger partial charge < -0.3 is 30.0 Å². The maximum atomic E-state index is 15.7. The van der Waals surface area contributed by atoms with E-state index in [1.165, 1.54) is 12.1 Å². The summed E-state index contributed by atoms with van der Waals surface area (Å²) in [6, 6.07) is 12.1. The number of aromatic nitrogens is 3. The lowest BCUT2D eigenvalue weighted by molar-refractivity contribution is -0.160. The van der Waals surface area contributed by atoms with Crippen molar-refractivity contribution < 1.29 is 28.9 Å². The van der Waals surface area contributed by atoms with E-state index in [1.54, 1.807) is 46.0 Å². The first-order chi connectivity index (χ1) is 21.7. The number of nitrogens with zero attached hydrogens (tertiary/aromatic N) is 3. The van der Waals surface area contributed by atoms with E-state index in [0.29, 0.717) is 52.1 Å². The van der Waals surface area contributed by atoms with E-state index >= 15 is 4.39 Å². The molecule has 0 aliphatic carbocycles. The summed E-state index contributed by atoms with van der Waals surface area (Å²) in [4.78, 5) is 22.3. The first-order valence-electron chi connectivity index (χ1n) is 15.2. The number of carboxylic acids is 1. The Hall–Kier alpha value is -4.96. The third-order valence-electron chi connectivity index (χ3n) is 8.45. The van der Waals surface area contributed by atoms with Gasteiger partial charge in [0.25, 0.3) is 0 Å². The van der Waals surface area contributed by atoms with Crippen LogP contribution in [0.5, 0.6) is 11.5 Å². The monoisotopic (exact) mass is 624 g/mol. The number of hydrogen-bond donors (Lipinski definition) is 3. The van der Waals surface area contributed by atoms with Crippen molar-refractivity contribution in [2.24, 2.45) is 7.05 Å². The summed E-state index contributed by atoms with van der Waals surface area (Å²) in [7, 11) is 1.89.